The normalized spacial score (nSPS) is 12.3. The molecule has 3 N–H and O–H groups in total. The number of nitrogens with zero attached hydrogens (tertiary/aromatic N) is 1. The molecule has 9 nitrogen and oxygen atoms in total. The molecule has 3 aromatic carbocycles. The Bertz CT molecular complexity index is 1490. The van der Waals surface area contributed by atoms with Crippen LogP contribution in [0.1, 0.15) is 40.1 Å². The SMILES string of the molecule is CC(OC(=O)NCc1conc1-c1ccc(C(=O)NC(Cc2ccc(F)cc2)C(=O)O)cc1)c1ccccc1F. The van der Waals surface area contributed by atoms with Crippen molar-refractivity contribution in [1.29, 1.82) is 0 Å². The van der Waals surface area contributed by atoms with Gasteiger partial charge in [-0.2, -0.15) is 0 Å². The predicted octanol–water partition coefficient (Wildman–Crippen LogP) is 5.03. The third kappa shape index (κ3) is 7.07. The average Bonchev–Trinajstić information content (AvgIpc) is 3.41. The first kappa shape index (κ1) is 28.0. The molecule has 0 radical (unpaired) electrons. The van der Waals surface area contributed by atoms with Gasteiger partial charge in [0.1, 0.15) is 35.7 Å². The molecule has 2 unspecified atom stereocenters. The lowest BCUT2D eigenvalue weighted by molar-refractivity contribution is -0.139. The highest BCUT2D eigenvalue weighted by atomic mass is 19.1. The molecular formula is C29H25F2N3O6. The molecule has 206 valence electrons. The summed E-state index contributed by atoms with van der Waals surface area (Å²) in [6.45, 7) is 1.57. The number of carbonyl (C=O) groups excluding carboxylic acids is 2. The van der Waals surface area contributed by atoms with E-state index in [1.807, 2.05) is 0 Å². The van der Waals surface area contributed by atoms with E-state index in [1.165, 1.54) is 54.8 Å². The minimum Gasteiger partial charge on any atom is -0.480 e. The number of amides is 2. The Labute approximate surface area is 227 Å². The molecule has 0 fully saturated rings. The van der Waals surface area contributed by atoms with Crippen LogP contribution in [0.4, 0.5) is 13.6 Å². The molecule has 40 heavy (non-hydrogen) atoms. The summed E-state index contributed by atoms with van der Waals surface area (Å²) >= 11 is 0. The zero-order valence-electron chi connectivity index (χ0n) is 21.3. The van der Waals surface area contributed by atoms with Gasteiger partial charge in [0.05, 0.1) is 6.54 Å². The van der Waals surface area contributed by atoms with E-state index in [9.17, 15) is 28.3 Å². The number of halogens is 2. The van der Waals surface area contributed by atoms with Crippen LogP contribution in [0.5, 0.6) is 0 Å². The van der Waals surface area contributed by atoms with Gasteiger partial charge in [-0.15, -0.1) is 0 Å². The number of ether oxygens (including phenoxy) is 1. The summed E-state index contributed by atoms with van der Waals surface area (Å²) < 4.78 is 37.4. The van der Waals surface area contributed by atoms with Gasteiger partial charge < -0.3 is 25.0 Å². The van der Waals surface area contributed by atoms with E-state index in [1.54, 1.807) is 31.2 Å². The molecule has 1 aromatic heterocycles. The number of nitrogens with one attached hydrogen (secondary N) is 2. The third-order valence-electron chi connectivity index (χ3n) is 6.07. The summed E-state index contributed by atoms with van der Waals surface area (Å²) in [7, 11) is 0. The van der Waals surface area contributed by atoms with E-state index < -0.39 is 41.7 Å². The number of carboxylic acids is 1. The Morgan fingerprint density at radius 3 is 2.38 bits per heavy atom. The molecule has 0 aliphatic rings. The Kier molecular flexibility index (Phi) is 8.85. The summed E-state index contributed by atoms with van der Waals surface area (Å²) in [4.78, 5) is 36.6. The van der Waals surface area contributed by atoms with Crippen molar-refractivity contribution in [2.75, 3.05) is 0 Å². The molecule has 2 amide bonds. The van der Waals surface area contributed by atoms with Crippen LogP contribution in [0.25, 0.3) is 11.3 Å². The molecular weight excluding hydrogens is 524 g/mol. The van der Waals surface area contributed by atoms with Crippen LogP contribution in [-0.4, -0.2) is 34.3 Å². The van der Waals surface area contributed by atoms with Crippen molar-refractivity contribution in [3.8, 4) is 11.3 Å². The second kappa shape index (κ2) is 12.7. The van der Waals surface area contributed by atoms with Crippen LogP contribution in [0.2, 0.25) is 0 Å². The fourth-order valence-electron chi connectivity index (χ4n) is 3.94. The van der Waals surface area contributed by atoms with Crippen LogP contribution in [0.3, 0.4) is 0 Å². The summed E-state index contributed by atoms with van der Waals surface area (Å²) in [5.41, 5.74) is 2.53. The van der Waals surface area contributed by atoms with Crippen LogP contribution in [0, 0.1) is 11.6 Å². The number of aromatic nitrogens is 1. The van der Waals surface area contributed by atoms with Gasteiger partial charge >= 0.3 is 12.1 Å². The summed E-state index contributed by atoms with van der Waals surface area (Å²) in [5, 5.41) is 18.5. The van der Waals surface area contributed by atoms with Gasteiger partial charge in [-0.1, -0.05) is 47.6 Å². The lowest BCUT2D eigenvalue weighted by atomic mass is 10.0. The van der Waals surface area contributed by atoms with Crippen LogP contribution < -0.4 is 10.6 Å². The maximum Gasteiger partial charge on any atom is 0.408 e. The largest absolute Gasteiger partial charge is 0.480 e. The molecule has 0 aliphatic carbocycles. The van der Waals surface area contributed by atoms with Gasteiger partial charge in [0.15, 0.2) is 0 Å². The number of alkyl carbamates (subject to hydrolysis) is 1. The smallest absolute Gasteiger partial charge is 0.408 e. The first-order valence-electron chi connectivity index (χ1n) is 12.2. The highest BCUT2D eigenvalue weighted by molar-refractivity contribution is 5.97. The van der Waals surface area contributed by atoms with E-state index in [0.717, 1.165) is 0 Å². The third-order valence-corrected chi connectivity index (χ3v) is 6.07. The quantitative estimate of drug-likeness (QED) is 0.253. The minimum atomic E-state index is -1.23. The fourth-order valence-corrected chi connectivity index (χ4v) is 3.94. The maximum absolute atomic E-state index is 13.9. The van der Waals surface area contributed by atoms with E-state index >= 15 is 0 Å². The van der Waals surface area contributed by atoms with Crippen molar-refractivity contribution < 1.29 is 37.5 Å². The van der Waals surface area contributed by atoms with E-state index in [4.69, 9.17) is 9.26 Å². The number of hydrogen-bond donors (Lipinski definition) is 3. The molecule has 4 aromatic rings. The number of rotatable bonds is 10. The van der Waals surface area contributed by atoms with Gasteiger partial charge in [-0.05, 0) is 42.8 Å². The minimum absolute atomic E-state index is 0.00751. The van der Waals surface area contributed by atoms with Crippen molar-refractivity contribution in [2.24, 2.45) is 0 Å². The van der Waals surface area contributed by atoms with Crippen molar-refractivity contribution in [1.82, 2.24) is 15.8 Å². The number of carbonyl (C=O) groups is 3. The first-order chi connectivity index (χ1) is 19.2. The highest BCUT2D eigenvalue weighted by Crippen LogP contribution is 2.24. The second-order valence-corrected chi connectivity index (χ2v) is 8.88. The molecule has 0 spiro atoms. The highest BCUT2D eigenvalue weighted by Gasteiger charge is 2.22. The monoisotopic (exact) mass is 549 g/mol. The van der Waals surface area contributed by atoms with Gasteiger partial charge in [-0.25, -0.2) is 18.4 Å². The number of benzene rings is 3. The van der Waals surface area contributed by atoms with Crippen molar-refractivity contribution in [3.05, 3.63) is 113 Å². The van der Waals surface area contributed by atoms with Crippen LogP contribution in [0.15, 0.2) is 83.6 Å². The zero-order chi connectivity index (χ0) is 28.6. The van der Waals surface area contributed by atoms with Crippen LogP contribution in [-0.2, 0) is 22.5 Å². The molecule has 0 saturated carbocycles. The van der Waals surface area contributed by atoms with Crippen molar-refractivity contribution in [3.63, 3.8) is 0 Å². The number of hydrogen-bond acceptors (Lipinski definition) is 6. The zero-order valence-corrected chi connectivity index (χ0v) is 21.3. The molecule has 0 saturated heterocycles. The Hall–Kier alpha value is -5.06. The molecule has 1 heterocycles. The number of aliphatic carboxylic acids is 1. The fraction of sp³-hybridized carbons (Fsp3) is 0.172. The lowest BCUT2D eigenvalue weighted by Gasteiger charge is -2.15. The Morgan fingerprint density at radius 2 is 1.70 bits per heavy atom. The predicted molar refractivity (Wildman–Crippen MR) is 139 cm³/mol. The average molecular weight is 550 g/mol. The standard InChI is InChI=1S/C29H25F2N3O6/c1-17(23-4-2-3-5-24(23)31)40-29(38)32-15-21-16-39-34-26(21)19-8-10-20(11-9-19)27(35)33-25(28(36)37)14-18-6-12-22(30)13-7-18/h2-13,16-17,25H,14-15H2,1H3,(H,32,38)(H,33,35)(H,36,37). The summed E-state index contributed by atoms with van der Waals surface area (Å²) in [6.07, 6.45) is -0.235. The van der Waals surface area contributed by atoms with Crippen LogP contribution >= 0.6 is 0 Å². The molecule has 0 bridgehead atoms. The summed E-state index contributed by atoms with van der Waals surface area (Å²) in [5.74, 6) is -2.75. The van der Waals surface area contributed by atoms with E-state index in [0.29, 0.717) is 22.4 Å². The summed E-state index contributed by atoms with van der Waals surface area (Å²) in [6, 6.07) is 16.3. The molecule has 11 heteroatoms. The van der Waals surface area contributed by atoms with Gasteiger partial charge in [0.25, 0.3) is 5.91 Å². The molecule has 0 aliphatic heterocycles. The van der Waals surface area contributed by atoms with Gasteiger partial charge in [0.2, 0.25) is 0 Å². The molecule has 2 atom stereocenters. The Balaban J connectivity index is 1.35. The topological polar surface area (TPSA) is 131 Å². The second-order valence-electron chi connectivity index (χ2n) is 8.88. The maximum atomic E-state index is 13.9. The van der Waals surface area contributed by atoms with E-state index in [-0.39, 0.29) is 24.1 Å². The Morgan fingerprint density at radius 1 is 1.00 bits per heavy atom. The lowest BCUT2D eigenvalue weighted by Crippen LogP contribution is -2.42. The van der Waals surface area contributed by atoms with Gasteiger partial charge in [-0.3, -0.25) is 4.79 Å². The molecule has 4 rings (SSSR count). The van der Waals surface area contributed by atoms with Crippen molar-refractivity contribution in [2.45, 2.75) is 32.0 Å². The first-order valence-corrected chi connectivity index (χ1v) is 12.2. The van der Waals surface area contributed by atoms with Gasteiger partial charge in [0, 0.05) is 28.7 Å². The van der Waals surface area contributed by atoms with Crippen molar-refractivity contribution >= 4 is 18.0 Å². The number of carboxylic acid groups (broad SMARTS) is 1. The van der Waals surface area contributed by atoms with E-state index in [2.05, 4.69) is 15.8 Å².